The number of amides is 1. The molecule has 0 saturated heterocycles. The number of nitrogens with zero attached hydrogens (tertiary/aromatic N) is 1. The Bertz CT molecular complexity index is 834. The summed E-state index contributed by atoms with van der Waals surface area (Å²) in [6, 6.07) is -0.883. The van der Waals surface area contributed by atoms with Gasteiger partial charge in [-0.25, -0.2) is 0 Å². The molecule has 0 radical (unpaired) electrons. The highest BCUT2D eigenvalue weighted by Gasteiger charge is 2.22. The van der Waals surface area contributed by atoms with Gasteiger partial charge in [-0.1, -0.05) is 186 Å². The first-order chi connectivity index (χ1) is 24.0. The van der Waals surface area contributed by atoms with Gasteiger partial charge in [0.05, 0.1) is 39.9 Å². The summed E-state index contributed by atoms with van der Waals surface area (Å²) < 4.78 is 22.5. The van der Waals surface area contributed by atoms with Gasteiger partial charge in [0.25, 0.3) is 7.82 Å². The van der Waals surface area contributed by atoms with Gasteiger partial charge in [0.1, 0.15) is 13.2 Å². The van der Waals surface area contributed by atoms with Crippen molar-refractivity contribution in [2.24, 2.45) is 0 Å². The highest BCUT2D eigenvalue weighted by Crippen LogP contribution is 2.38. The van der Waals surface area contributed by atoms with Crippen LogP contribution in [0.15, 0.2) is 12.2 Å². The van der Waals surface area contributed by atoms with Gasteiger partial charge in [0.2, 0.25) is 5.91 Å². The van der Waals surface area contributed by atoms with E-state index in [1.807, 2.05) is 27.2 Å². The summed E-state index contributed by atoms with van der Waals surface area (Å²) in [4.78, 5) is 23.7. The molecule has 0 aromatic carbocycles. The van der Waals surface area contributed by atoms with E-state index < -0.39 is 26.6 Å². The number of quaternary nitrogens is 1. The Hall–Kier alpha value is -0.760. The molecule has 298 valence electrons. The van der Waals surface area contributed by atoms with Gasteiger partial charge in [0, 0.05) is 6.92 Å². The van der Waals surface area contributed by atoms with Crippen molar-refractivity contribution >= 4 is 13.7 Å². The second kappa shape index (κ2) is 34.0. The number of nitrogens with one attached hydrogen (secondary N) is 1. The van der Waals surface area contributed by atoms with Gasteiger partial charge in [-0.05, 0) is 12.8 Å². The molecule has 3 atom stereocenters. The number of allylic oxidation sites excluding steroid dienone is 1. The Morgan fingerprint density at radius 3 is 1.38 bits per heavy atom. The first kappa shape index (κ1) is 49.2. The van der Waals surface area contributed by atoms with E-state index in [0.29, 0.717) is 11.0 Å². The van der Waals surface area contributed by atoms with E-state index in [1.165, 1.54) is 167 Å². The maximum absolute atomic E-state index is 12.1. The molecule has 0 fully saturated rings. The number of hydrogen-bond donors (Lipinski definition) is 2. The molecule has 0 bridgehead atoms. The fraction of sp³-hybridized carbons (Fsp3) is 0.927. The number of phosphoric ester groups is 1. The summed E-state index contributed by atoms with van der Waals surface area (Å²) >= 11 is 0. The third-order valence-corrected chi connectivity index (χ3v) is 10.5. The Morgan fingerprint density at radius 2 is 1.04 bits per heavy atom. The molecular formula is C41H83N2O6P. The highest BCUT2D eigenvalue weighted by molar-refractivity contribution is 7.45. The summed E-state index contributed by atoms with van der Waals surface area (Å²) in [7, 11) is 1.26. The summed E-state index contributed by atoms with van der Waals surface area (Å²) in [5.74, 6) is -0.372. The van der Waals surface area contributed by atoms with E-state index in [9.17, 15) is 19.4 Å². The Balaban J connectivity index is 3.61. The summed E-state index contributed by atoms with van der Waals surface area (Å²) in [6.07, 6.45) is 40.6. The van der Waals surface area contributed by atoms with Crippen molar-refractivity contribution in [2.45, 2.75) is 206 Å². The second-order valence-electron chi connectivity index (χ2n) is 15.8. The molecule has 0 aliphatic rings. The normalized spacial score (nSPS) is 14.6. The lowest BCUT2D eigenvalue weighted by Gasteiger charge is -2.29. The molecule has 3 unspecified atom stereocenters. The van der Waals surface area contributed by atoms with Crippen molar-refractivity contribution in [2.75, 3.05) is 40.9 Å². The maximum Gasteiger partial charge on any atom is 0.268 e. The van der Waals surface area contributed by atoms with Crippen molar-refractivity contribution in [3.05, 3.63) is 12.2 Å². The number of carbonyl (C=O) groups is 1. The summed E-state index contributed by atoms with van der Waals surface area (Å²) in [5, 5.41) is 13.1. The Morgan fingerprint density at radius 1 is 0.680 bits per heavy atom. The number of hydrogen-bond acceptors (Lipinski definition) is 6. The minimum atomic E-state index is -4.54. The molecule has 0 rings (SSSR count). The van der Waals surface area contributed by atoms with Crippen LogP contribution in [0.4, 0.5) is 0 Å². The molecule has 9 heteroatoms. The zero-order valence-corrected chi connectivity index (χ0v) is 34.5. The van der Waals surface area contributed by atoms with Gasteiger partial charge in [-0.15, -0.1) is 0 Å². The van der Waals surface area contributed by atoms with Crippen molar-refractivity contribution in [3.8, 4) is 0 Å². The number of likely N-dealkylation sites (N-methyl/N-ethyl adjacent to an activating group) is 1. The molecule has 0 aromatic heterocycles. The molecule has 0 heterocycles. The standard InChI is InChI=1S/C41H83N2O6P/c1-6-7-8-9-10-11-12-13-14-15-16-17-18-19-20-21-22-23-24-25-26-27-28-29-30-31-32-33-34-35-41(45)40(42-39(2)44)38-49-50(46,47)48-37-36-43(3,4)5/h34-35,40-41,45H,6-33,36-38H2,1-5H3,(H-,42,44,46,47)/b35-34+. The van der Waals surface area contributed by atoms with E-state index in [4.69, 9.17) is 9.05 Å². The van der Waals surface area contributed by atoms with Gasteiger partial charge in [-0.3, -0.25) is 9.36 Å². The number of carbonyl (C=O) groups excluding carboxylic acids is 1. The molecule has 8 nitrogen and oxygen atoms in total. The topological polar surface area (TPSA) is 108 Å². The third-order valence-electron chi connectivity index (χ3n) is 9.53. The van der Waals surface area contributed by atoms with Gasteiger partial charge >= 0.3 is 0 Å². The monoisotopic (exact) mass is 731 g/mol. The number of aliphatic hydroxyl groups is 1. The fourth-order valence-electron chi connectivity index (χ4n) is 6.25. The SMILES string of the molecule is CCCCCCCCCCCCCCCCCCCCCCCCCCCCC/C=C/C(O)C(COP(=O)([O-])OCC[N+](C)(C)C)NC(C)=O. The average Bonchev–Trinajstić information content (AvgIpc) is 3.05. The lowest BCUT2D eigenvalue weighted by Crippen LogP contribution is -2.45. The Labute approximate surface area is 310 Å². The molecule has 0 spiro atoms. The van der Waals surface area contributed by atoms with Crippen LogP contribution in [0.2, 0.25) is 0 Å². The molecular weight excluding hydrogens is 647 g/mol. The molecule has 1 amide bonds. The smallest absolute Gasteiger partial charge is 0.268 e. The van der Waals surface area contributed by atoms with Crippen LogP contribution in [0.25, 0.3) is 0 Å². The fourth-order valence-corrected chi connectivity index (χ4v) is 6.97. The molecule has 0 aliphatic heterocycles. The second-order valence-corrected chi connectivity index (χ2v) is 17.2. The molecule has 50 heavy (non-hydrogen) atoms. The quantitative estimate of drug-likeness (QED) is 0.0283. The van der Waals surface area contributed by atoms with E-state index in [1.54, 1.807) is 6.08 Å². The van der Waals surface area contributed by atoms with E-state index in [0.717, 1.165) is 19.3 Å². The summed E-state index contributed by atoms with van der Waals surface area (Å²) in [6.45, 7) is 3.71. The first-order valence-corrected chi connectivity index (χ1v) is 22.5. The number of aliphatic hydroxyl groups excluding tert-OH is 1. The zero-order valence-electron chi connectivity index (χ0n) is 33.6. The minimum Gasteiger partial charge on any atom is -0.756 e. The lowest BCUT2D eigenvalue weighted by atomic mass is 10.0. The highest BCUT2D eigenvalue weighted by atomic mass is 31.2. The van der Waals surface area contributed by atoms with Crippen molar-refractivity contribution < 1.29 is 32.9 Å². The van der Waals surface area contributed by atoms with Crippen LogP contribution >= 0.6 is 7.82 Å². The molecule has 0 aliphatic carbocycles. The third kappa shape index (κ3) is 37.0. The van der Waals surface area contributed by atoms with E-state index in [2.05, 4.69) is 12.2 Å². The van der Waals surface area contributed by atoms with Crippen LogP contribution < -0.4 is 10.2 Å². The molecule has 2 N–H and O–H groups in total. The van der Waals surface area contributed by atoms with Crippen LogP contribution in [0.5, 0.6) is 0 Å². The van der Waals surface area contributed by atoms with Gasteiger partial charge < -0.3 is 28.8 Å². The van der Waals surface area contributed by atoms with E-state index >= 15 is 0 Å². The minimum absolute atomic E-state index is 0.00279. The van der Waals surface area contributed by atoms with E-state index in [-0.39, 0.29) is 12.5 Å². The predicted molar refractivity (Wildman–Crippen MR) is 210 cm³/mol. The molecule has 0 saturated carbocycles. The molecule has 0 aromatic rings. The van der Waals surface area contributed by atoms with Crippen molar-refractivity contribution in [3.63, 3.8) is 0 Å². The van der Waals surface area contributed by atoms with Crippen LogP contribution in [0, 0.1) is 0 Å². The summed E-state index contributed by atoms with van der Waals surface area (Å²) in [5.41, 5.74) is 0. The first-order valence-electron chi connectivity index (χ1n) is 21.0. The van der Waals surface area contributed by atoms with Gasteiger partial charge in [0.15, 0.2) is 0 Å². The maximum atomic E-state index is 12.1. The largest absolute Gasteiger partial charge is 0.756 e. The van der Waals surface area contributed by atoms with Crippen LogP contribution in [0.3, 0.4) is 0 Å². The number of rotatable bonds is 38. The predicted octanol–water partition coefficient (Wildman–Crippen LogP) is 10.6. The van der Waals surface area contributed by atoms with Crippen LogP contribution in [-0.4, -0.2) is 68.5 Å². The van der Waals surface area contributed by atoms with Gasteiger partial charge in [-0.2, -0.15) is 0 Å². The lowest BCUT2D eigenvalue weighted by molar-refractivity contribution is -0.870. The van der Waals surface area contributed by atoms with Crippen molar-refractivity contribution in [1.29, 1.82) is 0 Å². The average molecular weight is 731 g/mol. The van der Waals surface area contributed by atoms with Crippen LogP contribution in [-0.2, 0) is 18.4 Å². The Kier molecular flexibility index (Phi) is 33.5. The zero-order chi connectivity index (χ0) is 37.2. The van der Waals surface area contributed by atoms with Crippen LogP contribution in [0.1, 0.15) is 194 Å². The van der Waals surface area contributed by atoms with Crippen molar-refractivity contribution in [1.82, 2.24) is 5.32 Å². The number of unbranched alkanes of at least 4 members (excludes halogenated alkanes) is 27. The number of phosphoric acid groups is 1.